The smallest absolute Gasteiger partial charge is 0.261 e. The molecule has 0 aliphatic carbocycles. The van der Waals surface area contributed by atoms with Crippen LogP contribution in [-0.4, -0.2) is 47.1 Å². The van der Waals surface area contributed by atoms with Gasteiger partial charge in [-0.25, -0.2) is 9.37 Å². The van der Waals surface area contributed by atoms with Gasteiger partial charge in [-0.1, -0.05) is 6.07 Å². The summed E-state index contributed by atoms with van der Waals surface area (Å²) >= 11 is 0. The third-order valence-corrected chi connectivity index (χ3v) is 5.67. The monoisotopic (exact) mass is 424 g/mol. The molecule has 1 saturated heterocycles. The number of nitrogens with one attached hydrogen (secondary N) is 1. The fraction of sp³-hybridized carbons (Fsp3) is 0.348. The molecule has 0 bridgehead atoms. The topological polar surface area (TPSA) is 76.5 Å². The molecule has 1 aromatic heterocycles. The lowest BCUT2D eigenvalue weighted by atomic mass is 9.96. The third-order valence-electron chi connectivity index (χ3n) is 5.67. The van der Waals surface area contributed by atoms with E-state index in [0.717, 1.165) is 25.9 Å². The molecule has 31 heavy (non-hydrogen) atoms. The summed E-state index contributed by atoms with van der Waals surface area (Å²) in [6, 6.07) is 11.3. The van der Waals surface area contributed by atoms with Gasteiger partial charge in [0.15, 0.2) is 0 Å². The van der Waals surface area contributed by atoms with Crippen molar-refractivity contribution in [2.45, 2.75) is 19.4 Å². The van der Waals surface area contributed by atoms with Crippen LogP contribution in [0.15, 0.2) is 53.6 Å². The standard InChI is InChI=1S/C23H25FN4O3/c1-31-19-4-2-3-18(12-19)26-22(29)14-27-9-7-16(8-10-27)13-28-15-25-21-11-17(24)5-6-20(21)23(28)30/h2-6,11-12,15-16H,7-10,13-14H2,1H3,(H,26,29). The average Bonchev–Trinajstić information content (AvgIpc) is 2.77. The number of likely N-dealkylation sites (tertiary alicyclic amines) is 1. The van der Waals surface area contributed by atoms with Crippen molar-refractivity contribution in [1.82, 2.24) is 14.5 Å². The number of benzene rings is 2. The van der Waals surface area contributed by atoms with E-state index in [-0.39, 0.29) is 11.5 Å². The van der Waals surface area contributed by atoms with Crippen molar-refractivity contribution in [3.63, 3.8) is 0 Å². The van der Waals surface area contributed by atoms with E-state index in [4.69, 9.17) is 4.74 Å². The first-order valence-electron chi connectivity index (χ1n) is 10.3. The minimum Gasteiger partial charge on any atom is -0.497 e. The number of piperidine rings is 1. The predicted molar refractivity (Wildman–Crippen MR) is 117 cm³/mol. The van der Waals surface area contributed by atoms with E-state index in [0.29, 0.717) is 41.3 Å². The molecule has 0 radical (unpaired) electrons. The van der Waals surface area contributed by atoms with Gasteiger partial charge < -0.3 is 10.1 Å². The van der Waals surface area contributed by atoms with E-state index in [9.17, 15) is 14.0 Å². The Hall–Kier alpha value is -3.26. The average molecular weight is 424 g/mol. The fourth-order valence-electron chi connectivity index (χ4n) is 3.97. The number of fused-ring (bicyclic) bond motifs is 1. The van der Waals surface area contributed by atoms with E-state index in [1.807, 2.05) is 18.2 Å². The highest BCUT2D eigenvalue weighted by atomic mass is 19.1. The van der Waals surface area contributed by atoms with Crippen LogP contribution in [0, 0.1) is 11.7 Å². The van der Waals surface area contributed by atoms with Gasteiger partial charge in [0.25, 0.3) is 5.56 Å². The number of ether oxygens (including phenoxy) is 1. The summed E-state index contributed by atoms with van der Waals surface area (Å²) in [4.78, 5) is 31.4. The fourth-order valence-corrected chi connectivity index (χ4v) is 3.97. The molecular weight excluding hydrogens is 399 g/mol. The van der Waals surface area contributed by atoms with Crippen molar-refractivity contribution in [3.8, 4) is 5.75 Å². The second-order valence-corrected chi connectivity index (χ2v) is 7.86. The van der Waals surface area contributed by atoms with Crippen molar-refractivity contribution in [2.24, 2.45) is 5.92 Å². The van der Waals surface area contributed by atoms with Crippen LogP contribution in [0.5, 0.6) is 5.75 Å². The zero-order valence-electron chi connectivity index (χ0n) is 17.4. The molecule has 0 atom stereocenters. The van der Waals surface area contributed by atoms with Crippen LogP contribution in [0.4, 0.5) is 10.1 Å². The van der Waals surface area contributed by atoms with Gasteiger partial charge in [0.05, 0.1) is 30.9 Å². The quantitative estimate of drug-likeness (QED) is 0.659. The second-order valence-electron chi connectivity index (χ2n) is 7.86. The summed E-state index contributed by atoms with van der Waals surface area (Å²) in [6.07, 6.45) is 3.28. The molecule has 1 aliphatic heterocycles. The Morgan fingerprint density at radius 3 is 2.81 bits per heavy atom. The van der Waals surface area contributed by atoms with E-state index in [2.05, 4.69) is 15.2 Å². The van der Waals surface area contributed by atoms with Gasteiger partial charge >= 0.3 is 0 Å². The molecule has 4 rings (SSSR count). The summed E-state index contributed by atoms with van der Waals surface area (Å²) < 4.78 is 20.1. The van der Waals surface area contributed by atoms with E-state index in [1.54, 1.807) is 17.7 Å². The number of carbonyl (C=O) groups is 1. The highest BCUT2D eigenvalue weighted by Crippen LogP contribution is 2.20. The van der Waals surface area contributed by atoms with Crippen LogP contribution < -0.4 is 15.6 Å². The zero-order chi connectivity index (χ0) is 21.8. The number of carbonyl (C=O) groups excluding carboxylic acids is 1. The molecule has 8 heteroatoms. The van der Waals surface area contributed by atoms with Gasteiger partial charge in [0.1, 0.15) is 11.6 Å². The molecule has 7 nitrogen and oxygen atoms in total. The van der Waals surface area contributed by atoms with Gasteiger partial charge in [-0.3, -0.25) is 19.1 Å². The van der Waals surface area contributed by atoms with Crippen LogP contribution in [0.3, 0.4) is 0 Å². The number of methoxy groups -OCH3 is 1. The maximum absolute atomic E-state index is 13.3. The highest BCUT2D eigenvalue weighted by Gasteiger charge is 2.22. The number of hydrogen-bond acceptors (Lipinski definition) is 5. The summed E-state index contributed by atoms with van der Waals surface area (Å²) in [5.41, 5.74) is 0.936. The molecular formula is C23H25FN4O3. The first-order valence-corrected chi connectivity index (χ1v) is 10.3. The number of rotatable bonds is 6. The maximum atomic E-state index is 13.3. The van der Waals surface area contributed by atoms with E-state index < -0.39 is 5.82 Å². The van der Waals surface area contributed by atoms with E-state index in [1.165, 1.54) is 24.5 Å². The molecule has 3 aromatic rings. The molecule has 1 N–H and O–H groups in total. The first-order chi connectivity index (χ1) is 15.0. The SMILES string of the molecule is COc1cccc(NC(=O)CN2CCC(Cn3cnc4cc(F)ccc4c3=O)CC2)c1. The Morgan fingerprint density at radius 1 is 1.23 bits per heavy atom. The van der Waals surface area contributed by atoms with Gasteiger partial charge in [-0.15, -0.1) is 0 Å². The van der Waals surface area contributed by atoms with Crippen LogP contribution in [0.25, 0.3) is 10.9 Å². The molecule has 1 aliphatic rings. The highest BCUT2D eigenvalue weighted by molar-refractivity contribution is 5.92. The van der Waals surface area contributed by atoms with Gasteiger partial charge in [0, 0.05) is 24.4 Å². The summed E-state index contributed by atoms with van der Waals surface area (Å²) in [5, 5.41) is 3.33. The van der Waals surface area contributed by atoms with Gasteiger partial charge in [0.2, 0.25) is 5.91 Å². The Balaban J connectivity index is 1.30. The van der Waals surface area contributed by atoms with Crippen molar-refractivity contribution >= 4 is 22.5 Å². The Labute approximate surface area is 179 Å². The Morgan fingerprint density at radius 2 is 2.03 bits per heavy atom. The number of aromatic nitrogens is 2. The minimum atomic E-state index is -0.403. The normalized spacial score (nSPS) is 15.2. The predicted octanol–water partition coefficient (Wildman–Crippen LogP) is 2.89. The molecule has 162 valence electrons. The maximum Gasteiger partial charge on any atom is 0.261 e. The molecule has 0 spiro atoms. The minimum absolute atomic E-state index is 0.0612. The van der Waals surface area contributed by atoms with E-state index >= 15 is 0 Å². The molecule has 0 unspecified atom stereocenters. The Bertz CT molecular complexity index is 1140. The molecule has 2 heterocycles. The Kier molecular flexibility index (Phi) is 6.27. The van der Waals surface area contributed by atoms with Crippen LogP contribution in [0.1, 0.15) is 12.8 Å². The summed E-state index contributed by atoms with van der Waals surface area (Å²) in [7, 11) is 1.59. The van der Waals surface area contributed by atoms with Gasteiger partial charge in [-0.05, 0) is 56.1 Å². The van der Waals surface area contributed by atoms with Crippen LogP contribution in [0.2, 0.25) is 0 Å². The molecule has 0 saturated carbocycles. The third kappa shape index (κ3) is 5.08. The lowest BCUT2D eigenvalue weighted by Crippen LogP contribution is -2.40. The van der Waals surface area contributed by atoms with Crippen molar-refractivity contribution in [3.05, 3.63) is 65.0 Å². The van der Waals surface area contributed by atoms with Crippen LogP contribution >= 0.6 is 0 Å². The molecule has 1 amide bonds. The lowest BCUT2D eigenvalue weighted by Gasteiger charge is -2.31. The lowest BCUT2D eigenvalue weighted by molar-refractivity contribution is -0.117. The van der Waals surface area contributed by atoms with Gasteiger partial charge in [-0.2, -0.15) is 0 Å². The summed E-state index contributed by atoms with van der Waals surface area (Å²) in [6.45, 7) is 2.48. The number of hydrogen-bond donors (Lipinski definition) is 1. The number of halogens is 1. The van der Waals surface area contributed by atoms with Crippen molar-refractivity contribution in [1.29, 1.82) is 0 Å². The first kappa shape index (κ1) is 21.0. The second kappa shape index (κ2) is 9.26. The molecule has 2 aromatic carbocycles. The summed E-state index contributed by atoms with van der Waals surface area (Å²) in [5.74, 6) is 0.561. The van der Waals surface area contributed by atoms with Crippen molar-refractivity contribution < 1.29 is 13.9 Å². The zero-order valence-corrected chi connectivity index (χ0v) is 17.4. The van der Waals surface area contributed by atoms with Crippen molar-refractivity contribution in [2.75, 3.05) is 32.1 Å². The number of nitrogens with zero attached hydrogens (tertiary/aromatic N) is 3. The largest absolute Gasteiger partial charge is 0.497 e. The van der Waals surface area contributed by atoms with Crippen LogP contribution in [-0.2, 0) is 11.3 Å². The number of anilines is 1. The molecule has 1 fully saturated rings. The number of amides is 1.